The van der Waals surface area contributed by atoms with Crippen LogP contribution in [0.25, 0.3) is 0 Å². The molecule has 128 valence electrons. The second-order valence-electron chi connectivity index (χ2n) is 3.56. The van der Waals surface area contributed by atoms with E-state index in [1.165, 1.54) is 27.2 Å². The van der Waals surface area contributed by atoms with Gasteiger partial charge in [0.2, 0.25) is 0 Å². The van der Waals surface area contributed by atoms with Gasteiger partial charge in [-0.15, -0.1) is 12.6 Å². The maximum absolute atomic E-state index is 10.9. The third-order valence-corrected chi connectivity index (χ3v) is 3.86. The highest BCUT2D eigenvalue weighted by atomic mass is 32.2. The van der Waals surface area contributed by atoms with Crippen LogP contribution in [0.1, 0.15) is 22.3 Å². The van der Waals surface area contributed by atoms with Gasteiger partial charge in [0.1, 0.15) is 5.75 Å². The van der Waals surface area contributed by atoms with Crippen molar-refractivity contribution in [2.75, 3.05) is 27.7 Å². The van der Waals surface area contributed by atoms with Gasteiger partial charge in [-0.05, 0) is 27.2 Å². The second-order valence-corrected chi connectivity index (χ2v) is 5.89. The number of nitrogens with two attached hydrogens (primary N) is 3. The molecule has 0 radical (unpaired) electrons. The zero-order valence-electron chi connectivity index (χ0n) is 12.9. The van der Waals surface area contributed by atoms with Crippen molar-refractivity contribution in [1.82, 2.24) is 0 Å². The van der Waals surface area contributed by atoms with Crippen molar-refractivity contribution in [1.29, 1.82) is 0 Å². The number of carboxylic acids is 1. The van der Waals surface area contributed by atoms with Crippen molar-refractivity contribution in [2.45, 2.75) is 15.4 Å². The van der Waals surface area contributed by atoms with Crippen LogP contribution in [0.15, 0.2) is 17.0 Å². The highest BCUT2D eigenvalue weighted by molar-refractivity contribution is 7.99. The van der Waals surface area contributed by atoms with Gasteiger partial charge >= 0.3 is 5.97 Å². The van der Waals surface area contributed by atoms with E-state index in [1.807, 2.05) is 0 Å². The van der Waals surface area contributed by atoms with Gasteiger partial charge in [0, 0.05) is 12.0 Å². The standard InChI is InChI=1S/C10H10O3S3.3CH5N/c11-9(12)5-1-2-6-7(8(5)14)13-4-3-10(6,15)16;3*1-2/h1-2,14-16H,3-4H2,(H,11,12);3*2H2,1H3. The Kier molecular flexibility index (Phi) is 12.8. The lowest BCUT2D eigenvalue weighted by Crippen LogP contribution is -2.23. The second kappa shape index (κ2) is 11.9. The third kappa shape index (κ3) is 5.90. The summed E-state index contributed by atoms with van der Waals surface area (Å²) in [7, 11) is 4.50. The van der Waals surface area contributed by atoms with Crippen LogP contribution in [0.2, 0.25) is 0 Å². The smallest absolute Gasteiger partial charge is 0.336 e. The molecule has 0 aromatic heterocycles. The molecule has 0 saturated heterocycles. The van der Waals surface area contributed by atoms with E-state index in [2.05, 4.69) is 55.1 Å². The summed E-state index contributed by atoms with van der Waals surface area (Å²) in [5.74, 6) is -0.551. The summed E-state index contributed by atoms with van der Waals surface area (Å²) < 4.78 is 4.85. The minimum Gasteiger partial charge on any atom is -0.492 e. The lowest BCUT2D eigenvalue weighted by atomic mass is 10.0. The number of thiol groups is 3. The first kappa shape index (κ1) is 23.7. The van der Waals surface area contributed by atoms with Crippen LogP contribution < -0.4 is 21.9 Å². The van der Waals surface area contributed by atoms with Crippen molar-refractivity contribution in [3.8, 4) is 5.75 Å². The molecule has 7 N–H and O–H groups in total. The number of carboxylic acid groups (broad SMARTS) is 1. The van der Waals surface area contributed by atoms with Crippen LogP contribution in [0.3, 0.4) is 0 Å². The summed E-state index contributed by atoms with van der Waals surface area (Å²) in [4.78, 5) is 11.3. The average Bonchev–Trinajstić information content (AvgIpc) is 2.53. The number of benzene rings is 1. The fourth-order valence-corrected chi connectivity index (χ4v) is 2.53. The molecule has 1 heterocycles. The van der Waals surface area contributed by atoms with Gasteiger partial charge in [-0.25, -0.2) is 4.79 Å². The Hall–Kier alpha value is -0.580. The van der Waals surface area contributed by atoms with Gasteiger partial charge in [-0.3, -0.25) is 0 Å². The van der Waals surface area contributed by atoms with Crippen LogP contribution in [0, 0.1) is 0 Å². The lowest BCUT2D eigenvalue weighted by Gasteiger charge is -2.31. The number of hydrogen-bond acceptors (Lipinski definition) is 8. The maximum Gasteiger partial charge on any atom is 0.336 e. The molecule has 2 rings (SSSR count). The monoisotopic (exact) mass is 367 g/mol. The van der Waals surface area contributed by atoms with Crippen molar-refractivity contribution in [3.63, 3.8) is 0 Å². The third-order valence-electron chi connectivity index (χ3n) is 2.49. The van der Waals surface area contributed by atoms with Crippen LogP contribution in [-0.2, 0) is 4.08 Å². The summed E-state index contributed by atoms with van der Waals surface area (Å²) in [6, 6.07) is 3.18. The van der Waals surface area contributed by atoms with E-state index in [0.717, 1.165) is 5.56 Å². The van der Waals surface area contributed by atoms with Crippen molar-refractivity contribution < 1.29 is 14.6 Å². The molecule has 0 spiro atoms. The maximum atomic E-state index is 10.9. The summed E-state index contributed by atoms with van der Waals surface area (Å²) in [6.45, 7) is 0.455. The summed E-state index contributed by atoms with van der Waals surface area (Å²) in [5, 5.41) is 8.95. The lowest BCUT2D eigenvalue weighted by molar-refractivity contribution is 0.0692. The molecule has 1 aromatic rings. The van der Waals surface area contributed by atoms with Crippen LogP contribution in [0.5, 0.6) is 5.75 Å². The predicted octanol–water partition coefficient (Wildman–Crippen LogP) is 1.19. The van der Waals surface area contributed by atoms with E-state index >= 15 is 0 Å². The number of rotatable bonds is 1. The Labute approximate surface area is 148 Å². The molecule has 1 aliphatic heterocycles. The zero-order chi connectivity index (χ0) is 17.9. The molecule has 0 aliphatic carbocycles. The minimum absolute atomic E-state index is 0.126. The van der Waals surface area contributed by atoms with Crippen LogP contribution >= 0.6 is 37.9 Å². The molecular weight excluding hydrogens is 342 g/mol. The molecule has 0 fully saturated rings. The van der Waals surface area contributed by atoms with Gasteiger partial charge in [0.15, 0.2) is 0 Å². The molecule has 1 aliphatic rings. The van der Waals surface area contributed by atoms with E-state index in [4.69, 9.17) is 9.84 Å². The largest absolute Gasteiger partial charge is 0.492 e. The Morgan fingerprint density at radius 2 is 1.68 bits per heavy atom. The zero-order valence-corrected chi connectivity index (χ0v) is 15.6. The molecular formula is C13H25N3O3S3. The molecule has 0 bridgehead atoms. The molecule has 22 heavy (non-hydrogen) atoms. The average molecular weight is 368 g/mol. The summed E-state index contributed by atoms with van der Waals surface area (Å²) >= 11 is 13.1. The Morgan fingerprint density at radius 1 is 1.18 bits per heavy atom. The van der Waals surface area contributed by atoms with Crippen molar-refractivity contribution >= 4 is 43.9 Å². The highest BCUT2D eigenvalue weighted by Crippen LogP contribution is 2.47. The SMILES string of the molecule is CN.CN.CN.O=C(O)c1ccc2c(c1S)OCCC2(S)S. The molecule has 0 unspecified atom stereocenters. The first-order chi connectivity index (χ1) is 10.4. The fourth-order valence-electron chi connectivity index (χ4n) is 1.64. The van der Waals surface area contributed by atoms with Gasteiger partial charge in [0.05, 0.1) is 21.1 Å². The first-order valence-corrected chi connectivity index (χ1v) is 7.68. The predicted molar refractivity (Wildman–Crippen MR) is 101 cm³/mol. The molecule has 6 nitrogen and oxygen atoms in total. The topological polar surface area (TPSA) is 125 Å². The van der Waals surface area contributed by atoms with E-state index in [9.17, 15) is 4.79 Å². The normalized spacial score (nSPS) is 13.5. The Morgan fingerprint density at radius 3 is 2.14 bits per heavy atom. The summed E-state index contributed by atoms with van der Waals surface area (Å²) in [5.41, 5.74) is 14.4. The molecule has 0 amide bonds. The molecule has 0 saturated carbocycles. The Bertz CT molecular complexity index is 471. The summed E-state index contributed by atoms with van der Waals surface area (Å²) in [6.07, 6.45) is 0.659. The fraction of sp³-hybridized carbons (Fsp3) is 0.462. The number of ether oxygens (including phenoxy) is 1. The van der Waals surface area contributed by atoms with Gasteiger partial charge in [-0.2, -0.15) is 25.3 Å². The number of fused-ring (bicyclic) bond motifs is 1. The number of hydrogen-bond donors (Lipinski definition) is 7. The van der Waals surface area contributed by atoms with E-state index in [1.54, 1.807) is 6.07 Å². The Balaban J connectivity index is 0. The quantitative estimate of drug-likeness (QED) is 0.295. The molecule has 0 atom stereocenters. The molecule has 1 aromatic carbocycles. The van der Waals surface area contributed by atoms with Crippen LogP contribution in [0.4, 0.5) is 0 Å². The van der Waals surface area contributed by atoms with Crippen LogP contribution in [-0.4, -0.2) is 38.8 Å². The first-order valence-electron chi connectivity index (χ1n) is 6.34. The molecule has 9 heteroatoms. The van der Waals surface area contributed by atoms with Gasteiger partial charge in [-0.1, -0.05) is 6.07 Å². The van der Waals surface area contributed by atoms with Crippen molar-refractivity contribution in [3.05, 3.63) is 23.3 Å². The minimum atomic E-state index is -1.02. The number of aromatic carboxylic acids is 1. The van der Waals surface area contributed by atoms with E-state index < -0.39 is 10.0 Å². The van der Waals surface area contributed by atoms with Crippen molar-refractivity contribution in [2.24, 2.45) is 17.2 Å². The highest BCUT2D eigenvalue weighted by Gasteiger charge is 2.33. The van der Waals surface area contributed by atoms with Gasteiger partial charge in [0.25, 0.3) is 0 Å². The van der Waals surface area contributed by atoms with E-state index in [0.29, 0.717) is 23.7 Å². The van der Waals surface area contributed by atoms with Gasteiger partial charge < -0.3 is 27.0 Å². The van der Waals surface area contributed by atoms with E-state index in [-0.39, 0.29) is 5.56 Å². The number of carbonyl (C=O) groups is 1.